The molecule has 2 rings (SSSR count). The van der Waals surface area contributed by atoms with Crippen molar-refractivity contribution in [3.8, 4) is 0 Å². The molecule has 0 spiro atoms. The standard InChI is InChI=1S/C12H15FN2O.ClH/c13-10-5-4-9(8-14)11(7-10)15-6-2-1-3-12(15)16;/h4-5,7H,1-3,6,8,14H2;1H. The van der Waals surface area contributed by atoms with Crippen molar-refractivity contribution in [2.24, 2.45) is 5.73 Å². The molecule has 0 saturated carbocycles. The van der Waals surface area contributed by atoms with E-state index in [0.717, 1.165) is 18.4 Å². The first-order valence-electron chi connectivity index (χ1n) is 5.51. The van der Waals surface area contributed by atoms with E-state index in [-0.39, 0.29) is 24.1 Å². The van der Waals surface area contributed by atoms with Gasteiger partial charge in [0.05, 0.1) is 5.69 Å². The number of nitrogens with two attached hydrogens (primary N) is 1. The Kier molecular flexibility index (Phi) is 4.90. The van der Waals surface area contributed by atoms with Crippen LogP contribution in [0.2, 0.25) is 0 Å². The molecule has 0 aliphatic carbocycles. The average molecular weight is 259 g/mol. The monoisotopic (exact) mass is 258 g/mol. The van der Waals surface area contributed by atoms with Crippen LogP contribution < -0.4 is 10.6 Å². The molecule has 1 aromatic rings. The zero-order valence-corrected chi connectivity index (χ0v) is 10.3. The average Bonchev–Trinajstić information content (AvgIpc) is 2.29. The fraction of sp³-hybridized carbons (Fsp3) is 0.417. The van der Waals surface area contributed by atoms with Crippen LogP contribution in [0.25, 0.3) is 0 Å². The van der Waals surface area contributed by atoms with Gasteiger partial charge in [-0.05, 0) is 30.5 Å². The highest BCUT2D eigenvalue weighted by molar-refractivity contribution is 5.94. The molecular formula is C12H16ClFN2O. The van der Waals surface area contributed by atoms with Crippen molar-refractivity contribution in [2.45, 2.75) is 25.8 Å². The lowest BCUT2D eigenvalue weighted by Crippen LogP contribution is -2.36. The van der Waals surface area contributed by atoms with Crippen LogP contribution in [0.15, 0.2) is 18.2 Å². The number of hydrogen-bond donors (Lipinski definition) is 1. The molecule has 0 aromatic heterocycles. The van der Waals surface area contributed by atoms with Crippen LogP contribution in [0.4, 0.5) is 10.1 Å². The number of nitrogens with zero attached hydrogens (tertiary/aromatic N) is 1. The Hall–Kier alpha value is -1.13. The number of rotatable bonds is 2. The van der Waals surface area contributed by atoms with Gasteiger partial charge in [-0.3, -0.25) is 4.79 Å². The van der Waals surface area contributed by atoms with Gasteiger partial charge in [0, 0.05) is 19.5 Å². The van der Waals surface area contributed by atoms with Crippen LogP contribution in [0.5, 0.6) is 0 Å². The van der Waals surface area contributed by atoms with Gasteiger partial charge in [0.15, 0.2) is 0 Å². The van der Waals surface area contributed by atoms with Crippen molar-refractivity contribution in [2.75, 3.05) is 11.4 Å². The maximum absolute atomic E-state index is 13.2. The molecule has 5 heteroatoms. The molecule has 3 nitrogen and oxygen atoms in total. The summed E-state index contributed by atoms with van der Waals surface area (Å²) < 4.78 is 13.2. The predicted octanol–water partition coefficient (Wildman–Crippen LogP) is 2.22. The second-order valence-corrected chi connectivity index (χ2v) is 3.98. The Balaban J connectivity index is 0.00000144. The molecule has 0 radical (unpaired) electrons. The number of hydrogen-bond acceptors (Lipinski definition) is 2. The molecular weight excluding hydrogens is 243 g/mol. The molecule has 17 heavy (non-hydrogen) atoms. The number of amides is 1. The van der Waals surface area contributed by atoms with Crippen molar-refractivity contribution >= 4 is 24.0 Å². The Labute approximate surface area is 106 Å². The second-order valence-electron chi connectivity index (χ2n) is 3.98. The first kappa shape index (κ1) is 13.9. The minimum Gasteiger partial charge on any atom is -0.326 e. The van der Waals surface area contributed by atoms with Gasteiger partial charge in [-0.15, -0.1) is 12.4 Å². The summed E-state index contributed by atoms with van der Waals surface area (Å²) in [7, 11) is 0. The van der Waals surface area contributed by atoms with Gasteiger partial charge in [0.25, 0.3) is 0 Å². The molecule has 1 fully saturated rings. The summed E-state index contributed by atoms with van der Waals surface area (Å²) in [4.78, 5) is 13.4. The summed E-state index contributed by atoms with van der Waals surface area (Å²) in [5.41, 5.74) is 7.04. The van der Waals surface area contributed by atoms with E-state index in [1.807, 2.05) is 0 Å². The third-order valence-electron chi connectivity index (χ3n) is 2.88. The second kappa shape index (κ2) is 5.98. The van der Waals surface area contributed by atoms with Crippen LogP contribution in [0.3, 0.4) is 0 Å². The Morgan fingerprint density at radius 2 is 2.12 bits per heavy atom. The lowest BCUT2D eigenvalue weighted by molar-refractivity contribution is -0.119. The van der Waals surface area contributed by atoms with Crippen molar-refractivity contribution in [3.63, 3.8) is 0 Å². The molecule has 1 aliphatic rings. The molecule has 2 N–H and O–H groups in total. The number of carbonyl (C=O) groups excluding carboxylic acids is 1. The lowest BCUT2D eigenvalue weighted by atomic mass is 10.1. The molecule has 0 unspecified atom stereocenters. The lowest BCUT2D eigenvalue weighted by Gasteiger charge is -2.28. The molecule has 1 heterocycles. The van der Waals surface area contributed by atoms with E-state index in [0.29, 0.717) is 25.2 Å². The fourth-order valence-electron chi connectivity index (χ4n) is 2.02. The summed E-state index contributed by atoms with van der Waals surface area (Å²) >= 11 is 0. The van der Waals surface area contributed by atoms with E-state index in [1.165, 1.54) is 12.1 Å². The number of benzene rings is 1. The Bertz CT molecular complexity index is 411. The SMILES string of the molecule is Cl.NCc1ccc(F)cc1N1CCCCC1=O. The first-order valence-corrected chi connectivity index (χ1v) is 5.51. The number of halogens is 2. The smallest absolute Gasteiger partial charge is 0.226 e. The predicted molar refractivity (Wildman–Crippen MR) is 67.7 cm³/mol. The van der Waals surface area contributed by atoms with Gasteiger partial charge in [-0.2, -0.15) is 0 Å². The van der Waals surface area contributed by atoms with Crippen molar-refractivity contribution in [3.05, 3.63) is 29.6 Å². The van der Waals surface area contributed by atoms with Crippen LogP contribution in [0, 0.1) is 5.82 Å². The topological polar surface area (TPSA) is 46.3 Å². The van der Waals surface area contributed by atoms with E-state index in [9.17, 15) is 9.18 Å². The highest BCUT2D eigenvalue weighted by atomic mass is 35.5. The zero-order chi connectivity index (χ0) is 11.5. The van der Waals surface area contributed by atoms with Gasteiger partial charge in [-0.25, -0.2) is 4.39 Å². The molecule has 1 aliphatic heterocycles. The Morgan fingerprint density at radius 1 is 1.35 bits per heavy atom. The van der Waals surface area contributed by atoms with Crippen LogP contribution >= 0.6 is 12.4 Å². The summed E-state index contributed by atoms with van der Waals surface area (Å²) in [5, 5.41) is 0. The molecule has 1 amide bonds. The number of anilines is 1. The van der Waals surface area contributed by atoms with Crippen molar-refractivity contribution < 1.29 is 9.18 Å². The minimum atomic E-state index is -0.328. The number of carbonyl (C=O) groups is 1. The van der Waals surface area contributed by atoms with E-state index in [1.54, 1.807) is 11.0 Å². The van der Waals surface area contributed by atoms with Crippen molar-refractivity contribution in [1.29, 1.82) is 0 Å². The number of piperidine rings is 1. The molecule has 1 saturated heterocycles. The largest absolute Gasteiger partial charge is 0.326 e. The van der Waals surface area contributed by atoms with Gasteiger partial charge in [0.1, 0.15) is 5.82 Å². The normalized spacial score (nSPS) is 15.6. The van der Waals surface area contributed by atoms with Gasteiger partial charge in [0.2, 0.25) is 5.91 Å². The van der Waals surface area contributed by atoms with Gasteiger partial charge < -0.3 is 10.6 Å². The quantitative estimate of drug-likeness (QED) is 0.884. The maximum atomic E-state index is 13.2. The third kappa shape index (κ3) is 2.96. The summed E-state index contributed by atoms with van der Waals surface area (Å²) in [6.07, 6.45) is 2.43. The maximum Gasteiger partial charge on any atom is 0.226 e. The van der Waals surface area contributed by atoms with Gasteiger partial charge in [-0.1, -0.05) is 6.07 Å². The molecule has 0 atom stereocenters. The molecule has 94 valence electrons. The van der Waals surface area contributed by atoms with Crippen molar-refractivity contribution in [1.82, 2.24) is 0 Å². The van der Waals surface area contributed by atoms with Crippen LogP contribution in [0.1, 0.15) is 24.8 Å². The van der Waals surface area contributed by atoms with E-state index >= 15 is 0 Å². The first-order chi connectivity index (χ1) is 7.72. The highest BCUT2D eigenvalue weighted by Crippen LogP contribution is 2.25. The fourth-order valence-corrected chi connectivity index (χ4v) is 2.02. The van der Waals surface area contributed by atoms with Gasteiger partial charge >= 0.3 is 0 Å². The molecule has 1 aromatic carbocycles. The minimum absolute atomic E-state index is 0. The van der Waals surface area contributed by atoms with E-state index in [4.69, 9.17) is 5.73 Å². The molecule has 0 bridgehead atoms. The Morgan fingerprint density at radius 3 is 2.76 bits per heavy atom. The van der Waals surface area contributed by atoms with E-state index < -0.39 is 0 Å². The summed E-state index contributed by atoms with van der Waals surface area (Å²) in [6, 6.07) is 4.41. The zero-order valence-electron chi connectivity index (χ0n) is 9.49. The highest BCUT2D eigenvalue weighted by Gasteiger charge is 2.21. The third-order valence-corrected chi connectivity index (χ3v) is 2.88. The summed E-state index contributed by atoms with van der Waals surface area (Å²) in [5.74, 6) is -0.267. The summed E-state index contributed by atoms with van der Waals surface area (Å²) in [6.45, 7) is 0.981. The van der Waals surface area contributed by atoms with Crippen LogP contribution in [-0.4, -0.2) is 12.5 Å². The van der Waals surface area contributed by atoms with Crippen LogP contribution in [-0.2, 0) is 11.3 Å². The van der Waals surface area contributed by atoms with E-state index in [2.05, 4.69) is 0 Å².